The molecule has 3 aromatic rings. The van der Waals surface area contributed by atoms with E-state index in [-0.39, 0.29) is 6.10 Å². The maximum Gasteiger partial charge on any atom is 0.328 e. The van der Waals surface area contributed by atoms with Crippen LogP contribution in [0.4, 0.5) is 0 Å². The number of benzene rings is 2. The fourth-order valence-electron chi connectivity index (χ4n) is 2.70. The topological polar surface area (TPSA) is 87.1 Å². The molecule has 0 spiro atoms. The lowest BCUT2D eigenvalue weighted by Gasteiger charge is -2.21. The molecule has 1 atom stereocenters. The summed E-state index contributed by atoms with van der Waals surface area (Å²) < 4.78 is 6.41. The minimum absolute atomic E-state index is 0.105. The molecule has 0 saturated heterocycles. The predicted octanol–water partition coefficient (Wildman–Crippen LogP) is 4.68. The van der Waals surface area contributed by atoms with E-state index < -0.39 is 11.9 Å². The number of fused-ring (bicyclic) bond motifs is 1. The van der Waals surface area contributed by atoms with Crippen molar-refractivity contribution in [3.05, 3.63) is 77.0 Å². The Morgan fingerprint density at radius 2 is 1.67 bits per heavy atom. The molecule has 30 heavy (non-hydrogen) atoms. The molecule has 0 bridgehead atoms. The van der Waals surface area contributed by atoms with Gasteiger partial charge < -0.3 is 19.8 Å². The minimum atomic E-state index is -1.26. The van der Waals surface area contributed by atoms with Crippen LogP contribution in [0.25, 0.3) is 10.8 Å². The molecule has 0 radical (unpaired) electrons. The quantitative estimate of drug-likeness (QED) is 0.508. The summed E-state index contributed by atoms with van der Waals surface area (Å²) >= 11 is 1.76. The summed E-state index contributed by atoms with van der Waals surface area (Å²) in [5.74, 6) is -1.55. The Balaban J connectivity index is 0.000000343. The number of rotatable bonds is 8. The van der Waals surface area contributed by atoms with Crippen molar-refractivity contribution in [2.24, 2.45) is 0 Å². The number of ether oxygens (including phenoxy) is 1. The van der Waals surface area contributed by atoms with Gasteiger partial charge in [-0.25, -0.2) is 9.59 Å². The van der Waals surface area contributed by atoms with Crippen LogP contribution in [0.3, 0.4) is 0 Å². The first kappa shape index (κ1) is 23.1. The molecule has 3 rings (SSSR count). The molecule has 1 aromatic heterocycles. The van der Waals surface area contributed by atoms with Crippen LogP contribution < -0.4 is 4.74 Å². The van der Waals surface area contributed by atoms with Crippen LogP contribution >= 0.6 is 11.3 Å². The summed E-state index contributed by atoms with van der Waals surface area (Å²) in [6.07, 6.45) is 2.20. The Bertz CT molecular complexity index is 961. The zero-order valence-corrected chi connectivity index (χ0v) is 17.7. The molecule has 0 aliphatic heterocycles. The van der Waals surface area contributed by atoms with E-state index in [1.165, 1.54) is 15.6 Å². The summed E-state index contributed by atoms with van der Waals surface area (Å²) in [4.78, 5) is 22.6. The van der Waals surface area contributed by atoms with Gasteiger partial charge in [0, 0.05) is 35.4 Å². The van der Waals surface area contributed by atoms with Gasteiger partial charge in [-0.2, -0.15) is 0 Å². The summed E-state index contributed by atoms with van der Waals surface area (Å²) in [6, 6.07) is 18.9. The highest BCUT2D eigenvalue weighted by atomic mass is 32.1. The lowest BCUT2D eigenvalue weighted by Crippen LogP contribution is -2.18. The number of hydrogen-bond donors (Lipinski definition) is 2. The molecule has 1 heterocycles. The summed E-state index contributed by atoms with van der Waals surface area (Å²) in [6.45, 7) is 1.01. The first-order valence-corrected chi connectivity index (χ1v) is 10.2. The maximum atomic E-state index is 9.55. The Kier molecular flexibility index (Phi) is 9.05. The summed E-state index contributed by atoms with van der Waals surface area (Å²) in [5.41, 5.74) is 0. The molecule has 7 heteroatoms. The maximum absolute atomic E-state index is 9.55. The first-order chi connectivity index (χ1) is 14.4. The SMILES string of the molecule is CN(C)CCC(Oc1cccc2ccccc12)c1cccs1.O=C(O)/C=C\C(=O)O. The third-order valence-corrected chi connectivity index (χ3v) is 5.05. The van der Waals surface area contributed by atoms with Crippen molar-refractivity contribution in [2.75, 3.05) is 20.6 Å². The molecule has 2 aromatic carbocycles. The van der Waals surface area contributed by atoms with Gasteiger partial charge in [0.2, 0.25) is 0 Å². The Hall–Kier alpha value is -3.16. The number of carbonyl (C=O) groups is 2. The highest BCUT2D eigenvalue weighted by molar-refractivity contribution is 7.10. The third-order valence-electron chi connectivity index (χ3n) is 4.09. The molecule has 0 aliphatic carbocycles. The number of aliphatic carboxylic acids is 2. The Morgan fingerprint density at radius 3 is 2.27 bits per heavy atom. The van der Waals surface area contributed by atoms with Crippen LogP contribution in [0.5, 0.6) is 5.75 Å². The summed E-state index contributed by atoms with van der Waals surface area (Å²) in [5, 5.41) is 20.1. The van der Waals surface area contributed by atoms with Gasteiger partial charge in [-0.05, 0) is 37.0 Å². The fraction of sp³-hybridized carbons (Fsp3) is 0.217. The van der Waals surface area contributed by atoms with Crippen molar-refractivity contribution >= 4 is 34.0 Å². The van der Waals surface area contributed by atoms with Crippen LogP contribution in [-0.2, 0) is 9.59 Å². The number of carboxylic acids is 2. The monoisotopic (exact) mass is 427 g/mol. The zero-order chi connectivity index (χ0) is 21.9. The second-order valence-corrected chi connectivity index (χ2v) is 7.68. The van der Waals surface area contributed by atoms with E-state index in [0.29, 0.717) is 12.2 Å². The van der Waals surface area contributed by atoms with Crippen LogP contribution in [0.2, 0.25) is 0 Å². The molecule has 0 saturated carbocycles. The standard InChI is InChI=1S/C19H21NOS.C4H4O4/c1-20(2)13-12-18(19-11-6-14-22-19)21-17-10-5-8-15-7-3-4-9-16(15)17;5-3(6)1-2-4(7)8/h3-11,14,18H,12-13H2,1-2H3;1-2H,(H,5,6)(H,7,8)/b;2-1-. The van der Waals surface area contributed by atoms with Crippen molar-refractivity contribution in [1.82, 2.24) is 4.90 Å². The Morgan fingerprint density at radius 1 is 1.00 bits per heavy atom. The number of thiophene rings is 1. The number of hydrogen-bond acceptors (Lipinski definition) is 5. The van der Waals surface area contributed by atoms with Gasteiger partial charge in [0.15, 0.2) is 0 Å². The van der Waals surface area contributed by atoms with Crippen molar-refractivity contribution in [1.29, 1.82) is 0 Å². The zero-order valence-electron chi connectivity index (χ0n) is 16.9. The minimum Gasteiger partial charge on any atom is -0.484 e. The molecular weight excluding hydrogens is 402 g/mol. The Labute approximate surface area is 179 Å². The van der Waals surface area contributed by atoms with Crippen LogP contribution in [0.1, 0.15) is 17.4 Å². The summed E-state index contributed by atoms with van der Waals surface area (Å²) in [7, 11) is 4.20. The first-order valence-electron chi connectivity index (χ1n) is 9.33. The van der Waals surface area contributed by atoms with Crippen molar-refractivity contribution in [2.45, 2.75) is 12.5 Å². The van der Waals surface area contributed by atoms with E-state index in [4.69, 9.17) is 14.9 Å². The molecule has 158 valence electrons. The van der Waals surface area contributed by atoms with E-state index in [9.17, 15) is 9.59 Å². The molecule has 2 N–H and O–H groups in total. The van der Waals surface area contributed by atoms with Crippen molar-refractivity contribution < 1.29 is 24.5 Å². The molecule has 0 fully saturated rings. The van der Waals surface area contributed by atoms with Gasteiger partial charge in [0.25, 0.3) is 0 Å². The van der Waals surface area contributed by atoms with Gasteiger partial charge in [-0.3, -0.25) is 0 Å². The van der Waals surface area contributed by atoms with Crippen molar-refractivity contribution in [3.8, 4) is 5.75 Å². The molecule has 1 unspecified atom stereocenters. The van der Waals surface area contributed by atoms with Crippen LogP contribution in [0.15, 0.2) is 72.1 Å². The van der Waals surface area contributed by atoms with E-state index in [1.54, 1.807) is 11.3 Å². The average molecular weight is 428 g/mol. The van der Waals surface area contributed by atoms with E-state index in [2.05, 4.69) is 79.0 Å². The third kappa shape index (κ3) is 7.69. The second-order valence-electron chi connectivity index (χ2n) is 6.70. The number of carboxylic acid groups (broad SMARTS) is 2. The van der Waals surface area contributed by atoms with E-state index >= 15 is 0 Å². The molecule has 6 nitrogen and oxygen atoms in total. The lowest BCUT2D eigenvalue weighted by molar-refractivity contribution is -0.134. The van der Waals surface area contributed by atoms with Gasteiger partial charge in [-0.15, -0.1) is 11.3 Å². The largest absolute Gasteiger partial charge is 0.484 e. The van der Waals surface area contributed by atoms with Gasteiger partial charge in [-0.1, -0.05) is 42.5 Å². The highest BCUT2D eigenvalue weighted by Crippen LogP contribution is 2.32. The normalized spacial score (nSPS) is 11.8. The van der Waals surface area contributed by atoms with Gasteiger partial charge in [0.05, 0.1) is 0 Å². The predicted molar refractivity (Wildman–Crippen MR) is 119 cm³/mol. The number of nitrogens with zero attached hydrogens (tertiary/aromatic N) is 1. The van der Waals surface area contributed by atoms with Crippen LogP contribution in [0, 0.1) is 0 Å². The van der Waals surface area contributed by atoms with E-state index in [1.807, 2.05) is 0 Å². The van der Waals surface area contributed by atoms with Gasteiger partial charge >= 0.3 is 11.9 Å². The fourth-order valence-corrected chi connectivity index (χ4v) is 3.49. The molecule has 0 amide bonds. The highest BCUT2D eigenvalue weighted by Gasteiger charge is 2.16. The molecule has 0 aliphatic rings. The smallest absolute Gasteiger partial charge is 0.328 e. The average Bonchev–Trinajstić information content (AvgIpc) is 3.25. The van der Waals surface area contributed by atoms with Gasteiger partial charge in [0.1, 0.15) is 11.9 Å². The van der Waals surface area contributed by atoms with Crippen molar-refractivity contribution in [3.63, 3.8) is 0 Å². The molecular formula is C23H25NO5S. The second kappa shape index (κ2) is 11.7. The van der Waals surface area contributed by atoms with Crippen LogP contribution in [-0.4, -0.2) is 47.7 Å². The lowest BCUT2D eigenvalue weighted by atomic mass is 10.1. The van der Waals surface area contributed by atoms with E-state index in [0.717, 1.165) is 18.7 Å².